The number of nitrogens with two attached hydrogens (primary N) is 1. The Morgan fingerprint density at radius 3 is 2.62 bits per heavy atom. The van der Waals surface area contributed by atoms with Crippen molar-refractivity contribution in [3.05, 3.63) is 27.9 Å². The van der Waals surface area contributed by atoms with Crippen molar-refractivity contribution in [2.75, 3.05) is 0 Å². The van der Waals surface area contributed by atoms with Gasteiger partial charge in [-0.25, -0.2) is 0 Å². The number of pyridine rings is 1. The van der Waals surface area contributed by atoms with Gasteiger partial charge in [-0.15, -0.1) is 0 Å². The molecule has 64 valence electrons. The van der Waals surface area contributed by atoms with Gasteiger partial charge in [0.15, 0.2) is 7.85 Å². The predicted molar refractivity (Wildman–Crippen MR) is 44.8 cm³/mol. The summed E-state index contributed by atoms with van der Waals surface area (Å²) in [5, 5.41) is 10.3. The highest BCUT2D eigenvalue weighted by Gasteiger charge is 2.12. The first-order valence-corrected chi connectivity index (χ1v) is 3.23. The van der Waals surface area contributed by atoms with E-state index in [4.69, 9.17) is 13.6 Å². The van der Waals surface area contributed by atoms with Crippen LogP contribution in [-0.4, -0.2) is 23.7 Å². The third-order valence-corrected chi connectivity index (χ3v) is 1.35. The first-order valence-electron chi connectivity index (χ1n) is 3.23. The van der Waals surface area contributed by atoms with Crippen molar-refractivity contribution in [3.8, 4) is 0 Å². The molecule has 1 aromatic rings. The second kappa shape index (κ2) is 3.22. The molecule has 1 amide bonds. The van der Waals surface area contributed by atoms with Crippen LogP contribution in [0, 0.1) is 10.1 Å². The van der Waals surface area contributed by atoms with E-state index in [1.54, 1.807) is 0 Å². The maximum absolute atomic E-state index is 10.6. The lowest BCUT2D eigenvalue weighted by Crippen LogP contribution is -2.21. The van der Waals surface area contributed by atoms with E-state index in [2.05, 4.69) is 4.98 Å². The highest BCUT2D eigenvalue weighted by molar-refractivity contribution is 6.33. The second-order valence-electron chi connectivity index (χ2n) is 2.22. The Morgan fingerprint density at radius 2 is 2.23 bits per heavy atom. The molecule has 6 nitrogen and oxygen atoms in total. The van der Waals surface area contributed by atoms with Crippen LogP contribution in [0.4, 0.5) is 5.69 Å². The van der Waals surface area contributed by atoms with Crippen molar-refractivity contribution in [1.82, 2.24) is 4.98 Å². The van der Waals surface area contributed by atoms with Crippen molar-refractivity contribution < 1.29 is 9.72 Å². The van der Waals surface area contributed by atoms with E-state index < -0.39 is 10.8 Å². The van der Waals surface area contributed by atoms with Crippen LogP contribution in [-0.2, 0) is 0 Å². The lowest BCUT2D eigenvalue weighted by Gasteiger charge is -1.98. The molecular weight excluding hydrogens is 173 g/mol. The van der Waals surface area contributed by atoms with Gasteiger partial charge in [0.25, 0.3) is 11.6 Å². The number of rotatable bonds is 2. The summed E-state index contributed by atoms with van der Waals surface area (Å²) in [5.74, 6) is -0.776. The van der Waals surface area contributed by atoms with E-state index in [9.17, 15) is 14.9 Å². The minimum atomic E-state index is -0.776. The number of hydrogen-bond acceptors (Lipinski definition) is 4. The molecule has 13 heavy (non-hydrogen) atoms. The van der Waals surface area contributed by atoms with Gasteiger partial charge in [-0.2, -0.15) is 0 Å². The largest absolute Gasteiger partial charge is 0.364 e. The van der Waals surface area contributed by atoms with Crippen molar-refractivity contribution in [2.45, 2.75) is 0 Å². The van der Waals surface area contributed by atoms with Crippen molar-refractivity contribution in [3.63, 3.8) is 0 Å². The van der Waals surface area contributed by atoms with Crippen LogP contribution >= 0.6 is 0 Å². The molecule has 0 unspecified atom stereocenters. The zero-order chi connectivity index (χ0) is 10.0. The number of nitro groups is 1. The van der Waals surface area contributed by atoms with Crippen LogP contribution in [0.3, 0.4) is 0 Å². The van der Waals surface area contributed by atoms with Gasteiger partial charge in [0.2, 0.25) is 0 Å². The van der Waals surface area contributed by atoms with E-state index >= 15 is 0 Å². The SMILES string of the molecule is [B]c1nc(C(N)=O)ccc1[N+](=O)[O-]. The lowest BCUT2D eigenvalue weighted by atomic mass is 10.0. The van der Waals surface area contributed by atoms with Crippen LogP contribution in [0.1, 0.15) is 10.5 Å². The van der Waals surface area contributed by atoms with Crippen molar-refractivity contribution >= 4 is 25.0 Å². The average molecular weight is 177 g/mol. The van der Waals surface area contributed by atoms with Crippen LogP contribution in [0.25, 0.3) is 0 Å². The molecule has 1 heterocycles. The molecule has 0 saturated heterocycles. The highest BCUT2D eigenvalue weighted by atomic mass is 16.6. The molecule has 2 N–H and O–H groups in total. The van der Waals surface area contributed by atoms with Gasteiger partial charge in [-0.1, -0.05) is 0 Å². The van der Waals surface area contributed by atoms with E-state index in [0.29, 0.717) is 0 Å². The lowest BCUT2D eigenvalue weighted by molar-refractivity contribution is -0.383. The van der Waals surface area contributed by atoms with E-state index in [1.807, 2.05) is 0 Å². The molecule has 1 rings (SSSR count). The quantitative estimate of drug-likeness (QED) is 0.351. The van der Waals surface area contributed by atoms with Crippen LogP contribution < -0.4 is 11.3 Å². The first-order chi connectivity index (χ1) is 6.02. The number of carbonyl (C=O) groups excluding carboxylic acids is 1. The van der Waals surface area contributed by atoms with E-state index in [-0.39, 0.29) is 17.0 Å². The zero-order valence-corrected chi connectivity index (χ0v) is 6.43. The minimum Gasteiger partial charge on any atom is -0.364 e. The van der Waals surface area contributed by atoms with Crippen LogP contribution in [0.5, 0.6) is 0 Å². The Morgan fingerprint density at radius 1 is 1.62 bits per heavy atom. The molecule has 0 atom stereocenters. The predicted octanol–water partition coefficient (Wildman–Crippen LogP) is -1.12. The van der Waals surface area contributed by atoms with Gasteiger partial charge in [-0.05, 0) is 6.07 Å². The van der Waals surface area contributed by atoms with Gasteiger partial charge < -0.3 is 5.73 Å². The number of primary amides is 1. The molecule has 0 aliphatic heterocycles. The smallest absolute Gasteiger partial charge is 0.279 e. The summed E-state index contributed by atoms with van der Waals surface area (Å²) in [7, 11) is 5.20. The summed E-state index contributed by atoms with van der Waals surface area (Å²) in [6, 6.07) is 2.24. The molecule has 0 aromatic carbocycles. The van der Waals surface area contributed by atoms with Gasteiger partial charge in [0.1, 0.15) is 5.69 Å². The summed E-state index contributed by atoms with van der Waals surface area (Å²) >= 11 is 0. The van der Waals surface area contributed by atoms with Gasteiger partial charge in [-0.3, -0.25) is 19.9 Å². The molecule has 0 saturated carbocycles. The van der Waals surface area contributed by atoms with Crippen LogP contribution in [0.15, 0.2) is 12.1 Å². The fourth-order valence-corrected chi connectivity index (χ4v) is 0.759. The minimum absolute atomic E-state index is 0.0944. The molecular formula is C6H4BN3O3. The van der Waals surface area contributed by atoms with Gasteiger partial charge in [0, 0.05) is 6.07 Å². The second-order valence-corrected chi connectivity index (χ2v) is 2.22. The fourth-order valence-electron chi connectivity index (χ4n) is 0.759. The monoisotopic (exact) mass is 177 g/mol. The molecule has 0 fully saturated rings. The Hall–Kier alpha value is -1.92. The third-order valence-electron chi connectivity index (χ3n) is 1.35. The maximum atomic E-state index is 10.6. The number of nitrogens with zero attached hydrogens (tertiary/aromatic N) is 2. The Bertz CT molecular complexity index is 379. The number of hydrogen-bond donors (Lipinski definition) is 1. The Balaban J connectivity index is 3.20. The first kappa shape index (κ1) is 9.18. The molecule has 0 bridgehead atoms. The molecule has 0 aliphatic rings. The third kappa shape index (κ3) is 1.81. The van der Waals surface area contributed by atoms with Crippen molar-refractivity contribution in [1.29, 1.82) is 0 Å². The number of aromatic nitrogens is 1. The fraction of sp³-hybridized carbons (Fsp3) is 0. The van der Waals surface area contributed by atoms with Gasteiger partial charge in [0.05, 0.1) is 10.5 Å². The summed E-state index contributed by atoms with van der Waals surface area (Å²) in [6.07, 6.45) is 0. The number of carbonyl (C=O) groups is 1. The standard InChI is InChI=1S/C6H4BN3O3/c7-5-4(10(12)13)2-1-3(9-5)6(8)11/h1-2H,(H2,8,11). The average Bonchev–Trinajstić information content (AvgIpc) is 2.03. The highest BCUT2D eigenvalue weighted by Crippen LogP contribution is 2.04. The van der Waals surface area contributed by atoms with Gasteiger partial charge >= 0.3 is 0 Å². The summed E-state index contributed by atoms with van der Waals surface area (Å²) in [5.41, 5.74) is 4.13. The Kier molecular flexibility index (Phi) is 2.27. The molecule has 7 heteroatoms. The zero-order valence-electron chi connectivity index (χ0n) is 6.43. The normalized spacial score (nSPS) is 9.54. The summed E-state index contributed by atoms with van der Waals surface area (Å²) in [4.78, 5) is 23.6. The summed E-state index contributed by atoms with van der Waals surface area (Å²) < 4.78 is 0. The number of amides is 1. The maximum Gasteiger partial charge on any atom is 0.279 e. The molecule has 0 spiro atoms. The van der Waals surface area contributed by atoms with E-state index in [0.717, 1.165) is 12.1 Å². The topological polar surface area (TPSA) is 99.1 Å². The van der Waals surface area contributed by atoms with E-state index in [1.165, 1.54) is 0 Å². The molecule has 2 radical (unpaired) electrons. The summed E-state index contributed by atoms with van der Waals surface area (Å²) in [6.45, 7) is 0. The Labute approximate surface area is 74.3 Å². The van der Waals surface area contributed by atoms with Crippen LogP contribution in [0.2, 0.25) is 0 Å². The van der Waals surface area contributed by atoms with Crippen molar-refractivity contribution in [2.24, 2.45) is 5.73 Å². The molecule has 1 aromatic heterocycles. The molecule has 0 aliphatic carbocycles.